The van der Waals surface area contributed by atoms with E-state index in [1.54, 1.807) is 0 Å². The summed E-state index contributed by atoms with van der Waals surface area (Å²) in [5.74, 6) is 0. The Morgan fingerprint density at radius 3 is 2.21 bits per heavy atom. The van der Waals surface area contributed by atoms with E-state index in [0.29, 0.717) is 0 Å². The fourth-order valence-electron chi connectivity index (χ4n) is 2.10. The minimum absolute atomic E-state index is 0.910. The number of aliphatic imine (C=N–C) groups is 1. The zero-order valence-electron chi connectivity index (χ0n) is 10.7. The van der Waals surface area contributed by atoms with Crippen LogP contribution in [0.5, 0.6) is 0 Å². The number of hydrogen-bond acceptors (Lipinski definition) is 1. The number of allylic oxidation sites excluding steroid dienone is 2. The molecule has 92 valence electrons. The van der Waals surface area contributed by atoms with Crippen molar-refractivity contribution in [3.8, 4) is 0 Å². The molecule has 0 aromatic heterocycles. The van der Waals surface area contributed by atoms with Crippen LogP contribution in [-0.4, -0.2) is 5.71 Å². The van der Waals surface area contributed by atoms with Gasteiger partial charge in [0.25, 0.3) is 0 Å². The predicted octanol–water partition coefficient (Wildman–Crippen LogP) is 4.59. The third-order valence-electron chi connectivity index (χ3n) is 3.11. The summed E-state index contributed by atoms with van der Waals surface area (Å²) in [6, 6.07) is 20.6. The lowest BCUT2D eigenvalue weighted by atomic mass is 10.1. The Kier molecular flexibility index (Phi) is 3.37. The maximum Gasteiger partial charge on any atom is 0.0669 e. The number of rotatable bonds is 3. The van der Waals surface area contributed by atoms with Gasteiger partial charge in [0, 0.05) is 12.1 Å². The molecule has 0 saturated heterocycles. The second kappa shape index (κ2) is 5.49. The zero-order chi connectivity index (χ0) is 12.9. The fourth-order valence-corrected chi connectivity index (χ4v) is 2.10. The first kappa shape index (κ1) is 11.7. The largest absolute Gasteiger partial charge is 0.253 e. The van der Waals surface area contributed by atoms with Gasteiger partial charge in [-0.15, -0.1) is 0 Å². The molecule has 0 N–H and O–H groups in total. The Balaban J connectivity index is 1.74. The van der Waals surface area contributed by atoms with E-state index in [1.165, 1.54) is 11.1 Å². The summed E-state index contributed by atoms with van der Waals surface area (Å²) in [7, 11) is 0. The second-order valence-corrected chi connectivity index (χ2v) is 4.51. The molecule has 3 rings (SSSR count). The maximum atomic E-state index is 4.66. The van der Waals surface area contributed by atoms with Crippen molar-refractivity contribution in [2.24, 2.45) is 4.99 Å². The lowest BCUT2D eigenvalue weighted by Gasteiger charge is -1.97. The van der Waals surface area contributed by atoms with Crippen LogP contribution in [0.3, 0.4) is 0 Å². The summed E-state index contributed by atoms with van der Waals surface area (Å²) < 4.78 is 0. The van der Waals surface area contributed by atoms with Crippen molar-refractivity contribution in [3.63, 3.8) is 0 Å². The Morgan fingerprint density at radius 1 is 0.789 bits per heavy atom. The van der Waals surface area contributed by atoms with Crippen LogP contribution in [0, 0.1) is 0 Å². The Labute approximate surface area is 113 Å². The molecule has 0 bridgehead atoms. The van der Waals surface area contributed by atoms with E-state index < -0.39 is 0 Å². The van der Waals surface area contributed by atoms with Crippen LogP contribution in [0.15, 0.2) is 77.8 Å². The molecule has 1 aliphatic rings. The van der Waals surface area contributed by atoms with Gasteiger partial charge >= 0.3 is 0 Å². The summed E-state index contributed by atoms with van der Waals surface area (Å²) in [4.78, 5) is 4.66. The van der Waals surface area contributed by atoms with E-state index in [0.717, 1.165) is 17.8 Å². The molecule has 0 aliphatic carbocycles. The Morgan fingerprint density at radius 2 is 1.47 bits per heavy atom. The molecule has 0 amide bonds. The van der Waals surface area contributed by atoms with Crippen molar-refractivity contribution < 1.29 is 0 Å². The van der Waals surface area contributed by atoms with Crippen molar-refractivity contribution in [1.29, 1.82) is 0 Å². The number of benzene rings is 2. The van der Waals surface area contributed by atoms with Crippen molar-refractivity contribution in [1.82, 2.24) is 0 Å². The van der Waals surface area contributed by atoms with Gasteiger partial charge in [-0.1, -0.05) is 72.8 Å². The van der Waals surface area contributed by atoms with Crippen LogP contribution < -0.4 is 0 Å². The molecule has 0 unspecified atom stereocenters. The third-order valence-corrected chi connectivity index (χ3v) is 3.11. The SMILES string of the molecule is C(=Cc1ccccc1)C1=NC(c2ccccc2)=CC1. The molecule has 0 atom stereocenters. The highest BCUT2D eigenvalue weighted by atomic mass is 14.8. The van der Waals surface area contributed by atoms with Crippen LogP contribution in [0.1, 0.15) is 17.5 Å². The van der Waals surface area contributed by atoms with Crippen molar-refractivity contribution in [2.45, 2.75) is 6.42 Å². The van der Waals surface area contributed by atoms with Crippen molar-refractivity contribution >= 4 is 17.5 Å². The molecule has 0 radical (unpaired) electrons. The van der Waals surface area contributed by atoms with Crippen LogP contribution >= 0.6 is 0 Å². The summed E-state index contributed by atoms with van der Waals surface area (Å²) in [6.45, 7) is 0. The molecule has 19 heavy (non-hydrogen) atoms. The first-order valence-electron chi connectivity index (χ1n) is 6.48. The van der Waals surface area contributed by atoms with Gasteiger partial charge in [-0.05, 0) is 17.2 Å². The van der Waals surface area contributed by atoms with E-state index in [9.17, 15) is 0 Å². The number of hydrogen-bond donors (Lipinski definition) is 0. The van der Waals surface area contributed by atoms with Crippen LogP contribution in [0.4, 0.5) is 0 Å². The third kappa shape index (κ3) is 2.89. The highest BCUT2D eigenvalue weighted by Crippen LogP contribution is 2.22. The van der Waals surface area contributed by atoms with Crippen LogP contribution in [0.2, 0.25) is 0 Å². The molecule has 0 spiro atoms. The molecular weight excluding hydrogens is 230 g/mol. The van der Waals surface area contributed by atoms with Gasteiger partial charge in [-0.25, -0.2) is 0 Å². The van der Waals surface area contributed by atoms with E-state index in [4.69, 9.17) is 0 Å². The number of nitrogens with zero attached hydrogens (tertiary/aromatic N) is 1. The first-order valence-corrected chi connectivity index (χ1v) is 6.48. The minimum Gasteiger partial charge on any atom is -0.253 e. The van der Waals surface area contributed by atoms with Crippen molar-refractivity contribution in [3.05, 3.63) is 83.9 Å². The summed E-state index contributed by atoms with van der Waals surface area (Å²) in [5.41, 5.74) is 4.58. The normalized spacial score (nSPS) is 14.5. The fraction of sp³-hybridized carbons (Fsp3) is 0.0556. The average molecular weight is 245 g/mol. The standard InChI is InChI=1S/C18H15N/c1-3-7-15(8-4-1)11-12-17-13-14-18(19-17)16-9-5-2-6-10-16/h1-12,14H,13H2. The van der Waals surface area contributed by atoms with E-state index >= 15 is 0 Å². The zero-order valence-corrected chi connectivity index (χ0v) is 10.7. The lowest BCUT2D eigenvalue weighted by Crippen LogP contribution is -1.85. The smallest absolute Gasteiger partial charge is 0.0669 e. The van der Waals surface area contributed by atoms with Gasteiger partial charge in [0.2, 0.25) is 0 Å². The molecule has 2 aromatic rings. The van der Waals surface area contributed by atoms with Gasteiger partial charge in [0.15, 0.2) is 0 Å². The first-order chi connectivity index (χ1) is 9.42. The molecule has 1 aliphatic heterocycles. The van der Waals surface area contributed by atoms with E-state index in [-0.39, 0.29) is 0 Å². The van der Waals surface area contributed by atoms with E-state index in [2.05, 4.69) is 47.5 Å². The van der Waals surface area contributed by atoms with Crippen LogP contribution in [-0.2, 0) is 0 Å². The van der Waals surface area contributed by atoms with E-state index in [1.807, 2.05) is 36.4 Å². The Hall–Kier alpha value is -2.41. The highest BCUT2D eigenvalue weighted by molar-refractivity contribution is 6.05. The quantitative estimate of drug-likeness (QED) is 0.750. The topological polar surface area (TPSA) is 12.4 Å². The molecule has 0 saturated carbocycles. The van der Waals surface area contributed by atoms with Gasteiger partial charge < -0.3 is 0 Å². The molecule has 0 fully saturated rings. The lowest BCUT2D eigenvalue weighted by molar-refractivity contribution is 1.53. The molecule has 2 aromatic carbocycles. The van der Waals surface area contributed by atoms with Gasteiger partial charge in [-0.3, -0.25) is 4.99 Å². The van der Waals surface area contributed by atoms with Gasteiger partial charge in [0.05, 0.1) is 5.70 Å². The van der Waals surface area contributed by atoms with Gasteiger partial charge in [-0.2, -0.15) is 0 Å². The van der Waals surface area contributed by atoms with Gasteiger partial charge in [0.1, 0.15) is 0 Å². The molecule has 1 heterocycles. The highest BCUT2D eigenvalue weighted by Gasteiger charge is 2.07. The second-order valence-electron chi connectivity index (χ2n) is 4.51. The molecule has 1 nitrogen and oxygen atoms in total. The van der Waals surface area contributed by atoms with Crippen LogP contribution in [0.25, 0.3) is 11.8 Å². The van der Waals surface area contributed by atoms with Crippen molar-refractivity contribution in [2.75, 3.05) is 0 Å². The molecule has 1 heteroatoms. The minimum atomic E-state index is 0.910. The predicted molar refractivity (Wildman–Crippen MR) is 81.9 cm³/mol. The summed E-state index contributed by atoms with van der Waals surface area (Å²) >= 11 is 0. The monoisotopic (exact) mass is 245 g/mol. The summed E-state index contributed by atoms with van der Waals surface area (Å²) in [6.07, 6.45) is 7.30. The average Bonchev–Trinajstić information content (AvgIpc) is 2.96. The summed E-state index contributed by atoms with van der Waals surface area (Å²) in [5, 5.41) is 0. The Bertz CT molecular complexity index is 634. The molecular formula is C18H15N. The maximum absolute atomic E-state index is 4.66.